The van der Waals surface area contributed by atoms with E-state index in [2.05, 4.69) is 20.5 Å². The summed E-state index contributed by atoms with van der Waals surface area (Å²) >= 11 is 0. The van der Waals surface area contributed by atoms with Gasteiger partial charge in [-0.15, -0.1) is 0 Å². The molecule has 1 heterocycles. The van der Waals surface area contributed by atoms with Gasteiger partial charge in [0.15, 0.2) is 0 Å². The molecular formula is C17H19N5O3S. The topological polar surface area (TPSA) is 105 Å². The fraction of sp³-hybridized carbons (Fsp3) is 0.176. The zero-order valence-electron chi connectivity index (χ0n) is 14.1. The molecule has 0 atom stereocenters. The number of urea groups is 1. The van der Waals surface area contributed by atoms with Crippen LogP contribution in [0.25, 0.3) is 16.6 Å². The molecule has 2 aromatic carbocycles. The third kappa shape index (κ3) is 4.19. The summed E-state index contributed by atoms with van der Waals surface area (Å²) in [6.45, 7) is 0.0202. The molecule has 2 amide bonds. The third-order valence-corrected chi connectivity index (χ3v) is 5.18. The Morgan fingerprint density at radius 3 is 2.58 bits per heavy atom. The summed E-state index contributed by atoms with van der Waals surface area (Å²) in [6, 6.07) is 14.6. The molecule has 0 saturated heterocycles. The van der Waals surface area contributed by atoms with Gasteiger partial charge < -0.3 is 10.6 Å². The SMILES string of the molecule is CNS(=O)(=O)CCNC(=O)Nc1ccc(-n2ncc3ccccc32)cc1. The first-order chi connectivity index (χ1) is 12.5. The minimum absolute atomic E-state index is 0.0202. The number of para-hydroxylation sites is 1. The fourth-order valence-corrected chi connectivity index (χ4v) is 3.01. The summed E-state index contributed by atoms with van der Waals surface area (Å²) in [7, 11) is -2.01. The Hall–Kier alpha value is -2.91. The second kappa shape index (κ2) is 7.54. The van der Waals surface area contributed by atoms with Crippen LogP contribution in [-0.4, -0.2) is 43.6 Å². The van der Waals surface area contributed by atoms with Crippen LogP contribution in [0.2, 0.25) is 0 Å². The number of fused-ring (bicyclic) bond motifs is 1. The van der Waals surface area contributed by atoms with Crippen LogP contribution in [-0.2, 0) is 10.0 Å². The normalized spacial score (nSPS) is 11.4. The van der Waals surface area contributed by atoms with Crippen LogP contribution in [0, 0.1) is 0 Å². The number of nitrogens with one attached hydrogen (secondary N) is 3. The van der Waals surface area contributed by atoms with Crippen LogP contribution < -0.4 is 15.4 Å². The Balaban J connectivity index is 1.62. The van der Waals surface area contributed by atoms with Gasteiger partial charge in [0.05, 0.1) is 23.2 Å². The molecule has 3 rings (SSSR count). The molecule has 0 saturated carbocycles. The number of carbonyl (C=O) groups is 1. The van der Waals surface area contributed by atoms with Gasteiger partial charge >= 0.3 is 6.03 Å². The Kier molecular flexibility index (Phi) is 5.19. The average molecular weight is 373 g/mol. The molecule has 0 aliphatic carbocycles. The van der Waals surface area contributed by atoms with Gasteiger partial charge in [-0.3, -0.25) is 0 Å². The van der Waals surface area contributed by atoms with Crippen molar-refractivity contribution >= 4 is 32.6 Å². The van der Waals surface area contributed by atoms with Gasteiger partial charge in [-0.25, -0.2) is 22.6 Å². The molecule has 9 heteroatoms. The van der Waals surface area contributed by atoms with Gasteiger partial charge in [0.2, 0.25) is 10.0 Å². The van der Waals surface area contributed by atoms with Crippen molar-refractivity contribution in [1.29, 1.82) is 0 Å². The fourth-order valence-electron chi connectivity index (χ4n) is 2.44. The van der Waals surface area contributed by atoms with E-state index in [1.165, 1.54) is 7.05 Å². The molecule has 8 nitrogen and oxygen atoms in total. The first-order valence-corrected chi connectivity index (χ1v) is 9.63. The van der Waals surface area contributed by atoms with Crippen molar-refractivity contribution in [2.24, 2.45) is 0 Å². The highest BCUT2D eigenvalue weighted by atomic mass is 32.2. The minimum atomic E-state index is -3.34. The number of amides is 2. The molecule has 3 N–H and O–H groups in total. The molecule has 3 aromatic rings. The summed E-state index contributed by atoms with van der Waals surface area (Å²) in [5.41, 5.74) is 2.47. The number of carbonyl (C=O) groups excluding carboxylic acids is 1. The number of rotatable bonds is 6. The van der Waals surface area contributed by atoms with Crippen LogP contribution in [0.15, 0.2) is 54.7 Å². The first kappa shape index (κ1) is 17.9. The van der Waals surface area contributed by atoms with Crippen LogP contribution >= 0.6 is 0 Å². The number of aromatic nitrogens is 2. The van der Waals surface area contributed by atoms with Gasteiger partial charge in [-0.1, -0.05) is 18.2 Å². The molecule has 0 unspecified atom stereocenters. The molecule has 26 heavy (non-hydrogen) atoms. The van der Waals surface area contributed by atoms with E-state index in [0.29, 0.717) is 5.69 Å². The molecule has 136 valence electrons. The van der Waals surface area contributed by atoms with E-state index in [-0.39, 0.29) is 12.3 Å². The summed E-state index contributed by atoms with van der Waals surface area (Å²) < 4.78 is 26.6. The number of nitrogens with zero attached hydrogens (tertiary/aromatic N) is 2. The van der Waals surface area contributed by atoms with Crippen molar-refractivity contribution < 1.29 is 13.2 Å². The lowest BCUT2D eigenvalue weighted by Gasteiger charge is -2.09. The van der Waals surface area contributed by atoms with Crippen molar-refractivity contribution in [2.75, 3.05) is 24.7 Å². The second-order valence-electron chi connectivity index (χ2n) is 5.57. The molecule has 1 aromatic heterocycles. The largest absolute Gasteiger partial charge is 0.337 e. The summed E-state index contributed by atoms with van der Waals surface area (Å²) in [4.78, 5) is 11.8. The summed E-state index contributed by atoms with van der Waals surface area (Å²) in [5.74, 6) is -0.178. The maximum atomic E-state index is 11.8. The van der Waals surface area contributed by atoms with E-state index in [1.807, 2.05) is 41.1 Å². The van der Waals surface area contributed by atoms with Crippen molar-refractivity contribution in [1.82, 2.24) is 19.8 Å². The predicted octanol–water partition coefficient (Wildman–Crippen LogP) is 1.70. The highest BCUT2D eigenvalue weighted by Crippen LogP contribution is 2.19. The Bertz CT molecular complexity index is 1010. The Morgan fingerprint density at radius 1 is 1.12 bits per heavy atom. The van der Waals surface area contributed by atoms with Gasteiger partial charge in [-0.2, -0.15) is 5.10 Å². The number of benzene rings is 2. The lowest BCUT2D eigenvalue weighted by molar-refractivity contribution is 0.252. The minimum Gasteiger partial charge on any atom is -0.337 e. The number of sulfonamides is 1. The first-order valence-electron chi connectivity index (χ1n) is 7.98. The van der Waals surface area contributed by atoms with Gasteiger partial charge in [0.25, 0.3) is 0 Å². The molecule has 0 bridgehead atoms. The van der Waals surface area contributed by atoms with E-state index < -0.39 is 16.1 Å². The van der Waals surface area contributed by atoms with Gasteiger partial charge in [0.1, 0.15) is 0 Å². The molecule has 0 spiro atoms. The molecule has 0 aliphatic rings. The van der Waals surface area contributed by atoms with Crippen LogP contribution in [0.1, 0.15) is 0 Å². The maximum Gasteiger partial charge on any atom is 0.319 e. The van der Waals surface area contributed by atoms with E-state index in [9.17, 15) is 13.2 Å². The van der Waals surface area contributed by atoms with E-state index in [1.54, 1.807) is 18.3 Å². The number of hydrogen-bond donors (Lipinski definition) is 3. The van der Waals surface area contributed by atoms with Crippen LogP contribution in [0.4, 0.5) is 10.5 Å². The van der Waals surface area contributed by atoms with Gasteiger partial charge in [-0.05, 0) is 37.4 Å². The quantitative estimate of drug-likeness (QED) is 0.611. The number of anilines is 1. The van der Waals surface area contributed by atoms with Crippen molar-refractivity contribution in [3.05, 3.63) is 54.7 Å². The third-order valence-electron chi connectivity index (χ3n) is 3.81. The lowest BCUT2D eigenvalue weighted by Crippen LogP contribution is -2.35. The summed E-state index contributed by atoms with van der Waals surface area (Å²) in [5, 5.41) is 10.6. The van der Waals surface area contributed by atoms with Crippen molar-refractivity contribution in [2.45, 2.75) is 0 Å². The molecule has 0 aliphatic heterocycles. The Morgan fingerprint density at radius 2 is 1.85 bits per heavy atom. The van der Waals surface area contributed by atoms with Crippen LogP contribution in [0.3, 0.4) is 0 Å². The monoisotopic (exact) mass is 373 g/mol. The number of hydrogen-bond acceptors (Lipinski definition) is 4. The predicted molar refractivity (Wildman–Crippen MR) is 101 cm³/mol. The molecular weight excluding hydrogens is 354 g/mol. The molecule has 0 radical (unpaired) electrons. The van der Waals surface area contributed by atoms with E-state index in [0.717, 1.165) is 16.6 Å². The van der Waals surface area contributed by atoms with Crippen LogP contribution in [0.5, 0.6) is 0 Å². The standard InChI is InChI=1S/C17H19N5O3S/c1-18-26(24,25)11-10-19-17(23)21-14-6-8-15(9-7-14)22-16-5-3-2-4-13(16)12-20-22/h2-9,12,18H,10-11H2,1H3,(H2,19,21,23). The smallest absolute Gasteiger partial charge is 0.319 e. The highest BCUT2D eigenvalue weighted by molar-refractivity contribution is 7.89. The maximum absolute atomic E-state index is 11.8. The van der Waals surface area contributed by atoms with E-state index >= 15 is 0 Å². The van der Waals surface area contributed by atoms with Crippen molar-refractivity contribution in [3.63, 3.8) is 0 Å². The molecule has 0 fully saturated rings. The second-order valence-corrected chi connectivity index (χ2v) is 7.61. The zero-order valence-corrected chi connectivity index (χ0v) is 15.0. The van der Waals surface area contributed by atoms with E-state index in [4.69, 9.17) is 0 Å². The average Bonchev–Trinajstić information content (AvgIpc) is 3.06. The Labute approximate surface area is 151 Å². The lowest BCUT2D eigenvalue weighted by atomic mass is 10.2. The zero-order chi connectivity index (χ0) is 18.6. The van der Waals surface area contributed by atoms with Gasteiger partial charge in [0, 0.05) is 17.6 Å². The van der Waals surface area contributed by atoms with Crippen molar-refractivity contribution in [3.8, 4) is 5.69 Å². The summed E-state index contributed by atoms with van der Waals surface area (Å²) in [6.07, 6.45) is 1.80. The highest BCUT2D eigenvalue weighted by Gasteiger charge is 2.08.